The first-order valence-electron chi connectivity index (χ1n) is 15.7. The van der Waals surface area contributed by atoms with Crippen LogP contribution in [0.25, 0.3) is 33.2 Å². The zero-order valence-electron chi connectivity index (χ0n) is 27.6. The van der Waals surface area contributed by atoms with Crippen LogP contribution in [0.1, 0.15) is 47.4 Å². The lowest BCUT2D eigenvalue weighted by Crippen LogP contribution is -2.45. The molecule has 2 amide bonds. The van der Waals surface area contributed by atoms with E-state index in [1.54, 1.807) is 72.2 Å². The average molecular weight is 701 g/mol. The number of halogens is 3. The van der Waals surface area contributed by atoms with E-state index in [0.717, 1.165) is 11.4 Å². The highest BCUT2D eigenvalue weighted by Gasteiger charge is 2.52. The number of pyridine rings is 2. The standard InChI is InChI=1S/C19H21FN4OS.C17H14F2N4O/c1-19(2,12-26(3)4)22-18(25)14-7-8-16(20)17-15(14)11-24(23-17)13-6-5-9-21-10-13;18-16(19)17(6-7-17)21-15(24)12-4-1-5-14-13(12)10-23(22-14)11-3-2-8-20-9-11/h5-11H,3,12H2,1-2,4H3,(H,22,25);1-5,8-10,16H,6-7H2,(H,21,24). The molecule has 7 rings (SSSR count). The molecule has 50 heavy (non-hydrogen) atoms. The summed E-state index contributed by atoms with van der Waals surface area (Å²) in [6, 6.07) is 15.1. The predicted molar refractivity (Wildman–Crippen MR) is 190 cm³/mol. The second-order valence-electron chi connectivity index (χ2n) is 12.8. The number of carbonyl (C=O) groups is 2. The minimum Gasteiger partial charge on any atom is -0.346 e. The van der Waals surface area contributed by atoms with E-state index in [4.69, 9.17) is 0 Å². The Hall–Kier alpha value is -5.37. The maximum absolute atomic E-state index is 14.2. The predicted octanol–water partition coefficient (Wildman–Crippen LogP) is 6.35. The van der Waals surface area contributed by atoms with Gasteiger partial charge in [-0.25, -0.2) is 22.5 Å². The molecule has 2 aromatic carbocycles. The molecule has 1 aliphatic rings. The lowest BCUT2D eigenvalue weighted by molar-refractivity contribution is 0.0681. The van der Waals surface area contributed by atoms with E-state index in [-0.39, 0.29) is 21.9 Å². The Morgan fingerprint density at radius 1 is 0.900 bits per heavy atom. The van der Waals surface area contributed by atoms with Crippen LogP contribution in [0.4, 0.5) is 13.2 Å². The third-order valence-electron chi connectivity index (χ3n) is 8.12. The second-order valence-corrected chi connectivity index (χ2v) is 14.7. The molecule has 1 unspecified atom stereocenters. The first-order valence-corrected chi connectivity index (χ1v) is 17.7. The summed E-state index contributed by atoms with van der Waals surface area (Å²) in [5.74, 6) is 3.56. The average Bonchev–Trinajstić information content (AvgIpc) is 3.51. The van der Waals surface area contributed by atoms with Crippen LogP contribution in [-0.4, -0.2) is 76.7 Å². The third-order valence-corrected chi connectivity index (χ3v) is 9.33. The lowest BCUT2D eigenvalue weighted by atomic mass is 10.1. The molecule has 1 aliphatic carbocycles. The Kier molecular flexibility index (Phi) is 9.56. The summed E-state index contributed by atoms with van der Waals surface area (Å²) in [4.78, 5) is 33.4. The van der Waals surface area contributed by atoms with Gasteiger partial charge in [0.2, 0.25) is 0 Å². The van der Waals surface area contributed by atoms with Crippen molar-refractivity contribution in [3.63, 3.8) is 0 Å². The summed E-state index contributed by atoms with van der Waals surface area (Å²) in [5, 5.41) is 15.3. The fourth-order valence-electron chi connectivity index (χ4n) is 5.61. The SMILES string of the molecule is C=S(C)CC(C)(C)NC(=O)c1ccc(F)c2nn(-c3cccnc3)cc12.O=C(NC1(C(F)F)CC1)c1cccc2nn(-c3cccnc3)cc12. The Bertz CT molecular complexity index is 2200. The minimum atomic E-state index is -2.56. The third kappa shape index (κ3) is 7.44. The van der Waals surface area contributed by atoms with Crippen molar-refractivity contribution in [3.05, 3.63) is 109 Å². The molecule has 2 N–H and O–H groups in total. The fraction of sp³-hybridized carbons (Fsp3) is 0.250. The van der Waals surface area contributed by atoms with Gasteiger partial charge in [-0.1, -0.05) is 11.9 Å². The molecule has 0 bridgehead atoms. The topological polar surface area (TPSA) is 120 Å². The molecule has 1 saturated carbocycles. The van der Waals surface area contributed by atoms with Crippen molar-refractivity contribution in [2.75, 3.05) is 12.0 Å². The second kappa shape index (κ2) is 13.9. The van der Waals surface area contributed by atoms with Gasteiger partial charge in [-0.2, -0.15) is 20.7 Å². The zero-order valence-corrected chi connectivity index (χ0v) is 28.4. The van der Waals surface area contributed by atoms with Crippen LogP contribution < -0.4 is 10.6 Å². The maximum Gasteiger partial charge on any atom is 0.261 e. The molecule has 1 fully saturated rings. The lowest BCUT2D eigenvalue weighted by Gasteiger charge is -2.27. The van der Waals surface area contributed by atoms with E-state index in [9.17, 15) is 22.8 Å². The van der Waals surface area contributed by atoms with Crippen LogP contribution in [0.15, 0.2) is 91.8 Å². The van der Waals surface area contributed by atoms with Crippen molar-refractivity contribution in [1.82, 2.24) is 40.2 Å². The summed E-state index contributed by atoms with van der Waals surface area (Å²) in [6.45, 7) is 3.92. The van der Waals surface area contributed by atoms with Crippen molar-refractivity contribution >= 4 is 50.0 Å². The van der Waals surface area contributed by atoms with Gasteiger partial charge in [0.1, 0.15) is 11.1 Å². The summed E-state index contributed by atoms with van der Waals surface area (Å²) >= 11 is 0. The Morgan fingerprint density at radius 3 is 2.10 bits per heavy atom. The van der Waals surface area contributed by atoms with Crippen LogP contribution in [0.3, 0.4) is 0 Å². The number of nitrogens with zero attached hydrogens (tertiary/aromatic N) is 6. The molecule has 6 aromatic rings. The number of rotatable bonds is 9. The normalized spacial score (nSPS) is 14.2. The first-order chi connectivity index (χ1) is 23.9. The highest BCUT2D eigenvalue weighted by Crippen LogP contribution is 2.41. The highest BCUT2D eigenvalue weighted by molar-refractivity contribution is 8.13. The van der Waals surface area contributed by atoms with Gasteiger partial charge in [0.15, 0.2) is 5.82 Å². The van der Waals surface area contributed by atoms with Gasteiger partial charge in [-0.05, 0) is 81.5 Å². The van der Waals surface area contributed by atoms with Crippen LogP contribution in [0.5, 0.6) is 0 Å². The number of hydrogen-bond donors (Lipinski definition) is 2. The molecule has 0 radical (unpaired) electrons. The van der Waals surface area contributed by atoms with Crippen LogP contribution in [0, 0.1) is 5.82 Å². The van der Waals surface area contributed by atoms with Gasteiger partial charge in [0, 0.05) is 46.9 Å². The fourth-order valence-corrected chi connectivity index (χ4v) is 6.91. The van der Waals surface area contributed by atoms with E-state index < -0.39 is 29.2 Å². The Labute approximate surface area is 288 Å². The Morgan fingerprint density at radius 2 is 1.52 bits per heavy atom. The summed E-state index contributed by atoms with van der Waals surface area (Å²) in [5.41, 5.74) is 1.20. The molecule has 4 aromatic heterocycles. The van der Waals surface area contributed by atoms with Gasteiger partial charge in [0.05, 0.1) is 40.4 Å². The molecule has 1 atom stereocenters. The smallest absolute Gasteiger partial charge is 0.261 e. The number of alkyl halides is 2. The van der Waals surface area contributed by atoms with Crippen molar-refractivity contribution in [1.29, 1.82) is 0 Å². The van der Waals surface area contributed by atoms with E-state index >= 15 is 0 Å². The summed E-state index contributed by atoms with van der Waals surface area (Å²) in [7, 11) is -0.0576. The van der Waals surface area contributed by atoms with Crippen LogP contribution in [0.2, 0.25) is 0 Å². The van der Waals surface area contributed by atoms with Crippen LogP contribution in [-0.2, 0) is 0 Å². The van der Waals surface area contributed by atoms with Crippen molar-refractivity contribution in [2.45, 2.75) is 44.2 Å². The first kappa shape index (κ1) is 34.5. The number of hydrogen-bond acceptors (Lipinski definition) is 6. The molecular weight excluding hydrogens is 666 g/mol. The maximum atomic E-state index is 14.2. The minimum absolute atomic E-state index is 0.0576. The van der Waals surface area contributed by atoms with E-state index in [1.807, 2.05) is 32.2 Å². The van der Waals surface area contributed by atoms with E-state index in [0.29, 0.717) is 45.9 Å². The molecule has 0 saturated heterocycles. The number of fused-ring (bicyclic) bond motifs is 2. The largest absolute Gasteiger partial charge is 0.346 e. The van der Waals surface area contributed by atoms with Gasteiger partial charge >= 0.3 is 0 Å². The monoisotopic (exact) mass is 700 g/mol. The molecule has 0 spiro atoms. The van der Waals surface area contributed by atoms with Crippen molar-refractivity contribution < 1.29 is 22.8 Å². The molecule has 258 valence electrons. The molecule has 10 nitrogen and oxygen atoms in total. The molecule has 0 aliphatic heterocycles. The summed E-state index contributed by atoms with van der Waals surface area (Å²) in [6.07, 6.45) is 10.0. The van der Waals surface area contributed by atoms with Gasteiger partial charge in [0.25, 0.3) is 18.2 Å². The molecule has 4 heterocycles. The zero-order chi connectivity index (χ0) is 35.6. The number of benzene rings is 2. The number of nitrogens with one attached hydrogen (secondary N) is 2. The van der Waals surface area contributed by atoms with Gasteiger partial charge in [-0.3, -0.25) is 19.6 Å². The summed E-state index contributed by atoms with van der Waals surface area (Å²) < 4.78 is 43.5. The van der Waals surface area contributed by atoms with Crippen molar-refractivity contribution in [2.24, 2.45) is 0 Å². The number of carbonyl (C=O) groups excluding carboxylic acids is 2. The number of aromatic nitrogens is 6. The highest BCUT2D eigenvalue weighted by atomic mass is 32.2. The van der Waals surface area contributed by atoms with Crippen LogP contribution >= 0.6 is 10.5 Å². The quantitative estimate of drug-likeness (QED) is 0.170. The van der Waals surface area contributed by atoms with Gasteiger partial charge in [-0.15, -0.1) is 0 Å². The molecule has 14 heteroatoms. The number of amides is 2. The molecular formula is C36H35F3N8O2S. The van der Waals surface area contributed by atoms with Crippen molar-refractivity contribution in [3.8, 4) is 11.4 Å². The van der Waals surface area contributed by atoms with E-state index in [2.05, 4.69) is 36.7 Å². The Balaban J connectivity index is 0.000000173. The van der Waals surface area contributed by atoms with Gasteiger partial charge < -0.3 is 10.6 Å². The van der Waals surface area contributed by atoms with E-state index in [1.165, 1.54) is 16.8 Å².